The summed E-state index contributed by atoms with van der Waals surface area (Å²) in [4.78, 5) is 43.3. The van der Waals surface area contributed by atoms with Crippen LogP contribution in [0.15, 0.2) is 0 Å². The van der Waals surface area contributed by atoms with Crippen molar-refractivity contribution in [1.82, 2.24) is 0 Å². The van der Waals surface area contributed by atoms with Gasteiger partial charge in [0.1, 0.15) is 0 Å². The third kappa shape index (κ3) is 10.8. The topological polar surface area (TPSA) is 105 Å². The van der Waals surface area contributed by atoms with Crippen LogP contribution < -0.4 is 0 Å². The summed E-state index contributed by atoms with van der Waals surface area (Å²) in [5.74, 6) is -1.38. The Kier molecular flexibility index (Phi) is 12.8. The van der Waals surface area contributed by atoms with Crippen LogP contribution in [0.4, 0.5) is 0 Å². The lowest BCUT2D eigenvalue weighted by Crippen LogP contribution is -2.29. The second-order valence-electron chi connectivity index (χ2n) is 5.14. The van der Waals surface area contributed by atoms with Crippen LogP contribution in [0.5, 0.6) is 0 Å². The molecule has 0 amide bonds. The maximum atomic E-state index is 11.0. The van der Waals surface area contributed by atoms with Gasteiger partial charge >= 0.3 is 11.9 Å². The zero-order valence-corrected chi connectivity index (χ0v) is 15.6. The Balaban J connectivity index is 0. The molecule has 0 aromatic carbocycles. The summed E-state index contributed by atoms with van der Waals surface area (Å²) in [6.07, 6.45) is -2.61. The van der Waals surface area contributed by atoms with E-state index in [1.807, 2.05) is 0 Å². The first kappa shape index (κ1) is 24.5. The first-order chi connectivity index (χ1) is 11.0. The molecule has 0 bridgehead atoms. The van der Waals surface area contributed by atoms with Gasteiger partial charge in [0.2, 0.25) is 0 Å². The molecule has 0 saturated carbocycles. The largest absolute Gasteiger partial charge is 0.453 e. The molecule has 140 valence electrons. The van der Waals surface area contributed by atoms with E-state index in [1.165, 1.54) is 41.9 Å². The molecular formula is C16H28O8. The second-order valence-corrected chi connectivity index (χ2v) is 5.14. The Morgan fingerprint density at radius 3 is 1.00 bits per heavy atom. The fourth-order valence-corrected chi connectivity index (χ4v) is 0.899. The number of carbonyl (C=O) groups is 4. The van der Waals surface area contributed by atoms with Gasteiger partial charge in [-0.2, -0.15) is 0 Å². The van der Waals surface area contributed by atoms with Gasteiger partial charge in [0.05, 0.1) is 0 Å². The molecule has 0 radical (unpaired) electrons. The highest BCUT2D eigenvalue weighted by Gasteiger charge is 2.19. The molecule has 0 unspecified atom stereocenters. The average molecular weight is 348 g/mol. The summed E-state index contributed by atoms with van der Waals surface area (Å²) in [6.45, 7) is 8.93. The molecule has 0 aliphatic rings. The van der Waals surface area contributed by atoms with E-state index in [0.29, 0.717) is 0 Å². The number of ketones is 2. The standard InChI is InChI=1S/2C8H14O4/c2*1-5(9)6(2)12-8(10)7(3)11-4/h2*6-7H,1-4H3/t2*6-,7-/m00/s1. The van der Waals surface area contributed by atoms with Gasteiger partial charge in [-0.15, -0.1) is 0 Å². The highest BCUT2D eigenvalue weighted by molar-refractivity contribution is 5.84. The molecule has 0 aliphatic carbocycles. The van der Waals surface area contributed by atoms with E-state index in [-0.39, 0.29) is 11.6 Å². The zero-order valence-electron chi connectivity index (χ0n) is 15.6. The summed E-state index contributed by atoms with van der Waals surface area (Å²) >= 11 is 0. The number of hydrogen-bond acceptors (Lipinski definition) is 8. The first-order valence-electron chi connectivity index (χ1n) is 7.45. The molecular weight excluding hydrogens is 320 g/mol. The predicted octanol–water partition coefficient (Wildman–Crippen LogP) is 1.08. The molecule has 8 nitrogen and oxygen atoms in total. The number of Topliss-reactive ketones (excluding diaryl/α,β-unsaturated/α-hetero) is 2. The predicted molar refractivity (Wildman–Crippen MR) is 85.4 cm³/mol. The first-order valence-corrected chi connectivity index (χ1v) is 7.45. The Hall–Kier alpha value is -1.80. The average Bonchev–Trinajstić information content (AvgIpc) is 2.53. The van der Waals surface area contributed by atoms with Crippen molar-refractivity contribution in [3.63, 3.8) is 0 Å². The summed E-state index contributed by atoms with van der Waals surface area (Å²) in [6, 6.07) is 0. The molecule has 0 N–H and O–H groups in total. The number of methoxy groups -OCH3 is 2. The fraction of sp³-hybridized carbons (Fsp3) is 0.750. The summed E-state index contributed by atoms with van der Waals surface area (Å²) in [7, 11) is 2.81. The minimum absolute atomic E-state index is 0.174. The van der Waals surface area contributed by atoms with Gasteiger partial charge in [-0.3, -0.25) is 9.59 Å². The molecule has 0 saturated heterocycles. The maximum absolute atomic E-state index is 11.0. The zero-order chi connectivity index (χ0) is 19.4. The lowest BCUT2D eigenvalue weighted by molar-refractivity contribution is -0.162. The van der Waals surface area contributed by atoms with Crippen LogP contribution in [0.3, 0.4) is 0 Å². The van der Waals surface area contributed by atoms with Crippen molar-refractivity contribution in [2.45, 2.75) is 66.0 Å². The van der Waals surface area contributed by atoms with Crippen molar-refractivity contribution < 1.29 is 38.1 Å². The lowest BCUT2D eigenvalue weighted by Gasteiger charge is -2.13. The Bertz CT molecular complexity index is 392. The van der Waals surface area contributed by atoms with Crippen molar-refractivity contribution >= 4 is 23.5 Å². The number of ether oxygens (including phenoxy) is 4. The number of esters is 2. The van der Waals surface area contributed by atoms with Gasteiger partial charge in [-0.1, -0.05) is 0 Å². The molecule has 0 aliphatic heterocycles. The molecule has 0 aromatic heterocycles. The quantitative estimate of drug-likeness (QED) is 0.600. The van der Waals surface area contributed by atoms with E-state index in [2.05, 4.69) is 0 Å². The number of carbonyl (C=O) groups excluding carboxylic acids is 4. The van der Waals surface area contributed by atoms with Crippen LogP contribution in [-0.2, 0) is 38.1 Å². The van der Waals surface area contributed by atoms with Crippen molar-refractivity contribution in [3.05, 3.63) is 0 Å². The van der Waals surface area contributed by atoms with Crippen LogP contribution in [0, 0.1) is 0 Å². The van der Waals surface area contributed by atoms with E-state index in [4.69, 9.17) is 18.9 Å². The van der Waals surface area contributed by atoms with Crippen LogP contribution in [0.2, 0.25) is 0 Å². The molecule has 0 aromatic rings. The maximum Gasteiger partial charge on any atom is 0.335 e. The minimum atomic E-state index is -0.685. The van der Waals surface area contributed by atoms with Crippen molar-refractivity contribution in [3.8, 4) is 0 Å². The van der Waals surface area contributed by atoms with Gasteiger partial charge in [-0.05, 0) is 41.5 Å². The van der Waals surface area contributed by atoms with Crippen molar-refractivity contribution in [2.24, 2.45) is 0 Å². The van der Waals surface area contributed by atoms with E-state index in [0.717, 1.165) is 0 Å². The highest BCUT2D eigenvalue weighted by atomic mass is 16.6. The second kappa shape index (κ2) is 12.6. The summed E-state index contributed by atoms with van der Waals surface area (Å²) < 4.78 is 18.9. The molecule has 0 fully saturated rings. The highest BCUT2D eigenvalue weighted by Crippen LogP contribution is 1.99. The normalized spacial score (nSPS) is 15.0. The third-order valence-corrected chi connectivity index (χ3v) is 3.10. The van der Waals surface area contributed by atoms with Gasteiger partial charge < -0.3 is 18.9 Å². The fourth-order valence-electron chi connectivity index (χ4n) is 0.899. The minimum Gasteiger partial charge on any atom is -0.453 e. The Morgan fingerprint density at radius 2 is 0.833 bits per heavy atom. The van der Waals surface area contributed by atoms with Gasteiger partial charge in [-0.25, -0.2) is 9.59 Å². The third-order valence-electron chi connectivity index (χ3n) is 3.10. The SMILES string of the molecule is CO[C@@H](C)C(=O)O[C@@H](C)C(C)=O.CO[C@@H](C)C(=O)O[C@@H](C)C(C)=O. The molecule has 0 heterocycles. The monoisotopic (exact) mass is 348 g/mol. The lowest BCUT2D eigenvalue weighted by atomic mass is 10.3. The summed E-state index contributed by atoms with van der Waals surface area (Å²) in [5, 5.41) is 0. The van der Waals surface area contributed by atoms with E-state index in [9.17, 15) is 19.2 Å². The number of hydrogen-bond donors (Lipinski definition) is 0. The molecule has 0 rings (SSSR count). The van der Waals surface area contributed by atoms with E-state index >= 15 is 0 Å². The van der Waals surface area contributed by atoms with Crippen LogP contribution in [0.1, 0.15) is 41.5 Å². The molecule has 8 heteroatoms. The number of rotatable bonds is 8. The van der Waals surface area contributed by atoms with Crippen molar-refractivity contribution in [1.29, 1.82) is 0 Å². The van der Waals surface area contributed by atoms with Crippen molar-refractivity contribution in [2.75, 3.05) is 14.2 Å². The van der Waals surface area contributed by atoms with Gasteiger partial charge in [0.25, 0.3) is 0 Å². The molecule has 24 heavy (non-hydrogen) atoms. The van der Waals surface area contributed by atoms with Crippen LogP contribution in [-0.4, -0.2) is 62.1 Å². The molecule has 0 spiro atoms. The van der Waals surface area contributed by atoms with Crippen LogP contribution in [0.25, 0.3) is 0 Å². The van der Waals surface area contributed by atoms with Gasteiger partial charge in [0, 0.05) is 14.2 Å². The van der Waals surface area contributed by atoms with E-state index in [1.54, 1.807) is 13.8 Å². The smallest absolute Gasteiger partial charge is 0.335 e. The molecule has 4 atom stereocenters. The summed E-state index contributed by atoms with van der Waals surface area (Å²) in [5.41, 5.74) is 0. The van der Waals surface area contributed by atoms with Crippen LogP contribution >= 0.6 is 0 Å². The van der Waals surface area contributed by atoms with Gasteiger partial charge in [0.15, 0.2) is 36.0 Å². The Morgan fingerprint density at radius 1 is 0.583 bits per heavy atom. The Labute approximate surface area is 142 Å². The van der Waals surface area contributed by atoms with E-state index < -0.39 is 36.4 Å².